The van der Waals surface area contributed by atoms with Crippen LogP contribution in [0.4, 0.5) is 0 Å². The minimum atomic E-state index is -0.330. The molecule has 0 atom stereocenters. The van der Waals surface area contributed by atoms with Crippen molar-refractivity contribution in [1.29, 1.82) is 0 Å². The number of rotatable bonds is 6. The van der Waals surface area contributed by atoms with Gasteiger partial charge in [-0.05, 0) is 29.8 Å². The van der Waals surface area contributed by atoms with Gasteiger partial charge in [0, 0.05) is 0 Å². The Morgan fingerprint density at radius 1 is 1.20 bits per heavy atom. The predicted octanol–water partition coefficient (Wildman–Crippen LogP) is 2.19. The number of nitrogens with zero attached hydrogens (tertiary/aromatic N) is 2. The molecule has 0 aromatic heterocycles. The van der Waals surface area contributed by atoms with Gasteiger partial charge in [0.05, 0.1) is 24.8 Å². The minimum absolute atomic E-state index is 0.0350. The zero-order valence-electron chi connectivity index (χ0n) is 13.3. The van der Waals surface area contributed by atoms with Crippen LogP contribution in [0.2, 0.25) is 0 Å². The second-order valence-electron chi connectivity index (χ2n) is 5.35. The maximum atomic E-state index is 11.7. The third-order valence-electron chi connectivity index (χ3n) is 3.31. The summed E-state index contributed by atoms with van der Waals surface area (Å²) in [6, 6.07) is 16.8. The van der Waals surface area contributed by atoms with Crippen LogP contribution in [0.25, 0.3) is 0 Å². The van der Waals surface area contributed by atoms with E-state index in [4.69, 9.17) is 4.74 Å². The average molecular weight is 336 g/mol. The predicted molar refractivity (Wildman–Crippen MR) is 93.5 cm³/mol. The molecule has 0 bridgehead atoms. The number of nitrogens with one attached hydrogen (secondary N) is 2. The number of para-hydroxylation sites is 1. The van der Waals surface area contributed by atoms with Crippen molar-refractivity contribution in [3.05, 3.63) is 60.2 Å². The van der Waals surface area contributed by atoms with Gasteiger partial charge in [0.15, 0.2) is 0 Å². The van der Waals surface area contributed by atoms with E-state index < -0.39 is 0 Å². The van der Waals surface area contributed by atoms with E-state index in [1.807, 2.05) is 54.6 Å². The first-order chi connectivity index (χ1) is 12.2. The van der Waals surface area contributed by atoms with Gasteiger partial charge in [0.1, 0.15) is 11.5 Å². The normalized spacial score (nSPS) is 13.4. The van der Waals surface area contributed by atoms with E-state index >= 15 is 0 Å². The molecule has 25 heavy (non-hydrogen) atoms. The summed E-state index contributed by atoms with van der Waals surface area (Å²) in [5.74, 6) is 0.876. The minimum Gasteiger partial charge on any atom is -0.457 e. The van der Waals surface area contributed by atoms with Crippen molar-refractivity contribution >= 4 is 23.7 Å². The SMILES string of the molecule is O=C1CC(CC(=O)N/N=C/c2cccc(Oc3ccccc3)c2)=NN1. The first-order valence-corrected chi connectivity index (χ1v) is 7.68. The van der Waals surface area contributed by atoms with Gasteiger partial charge in [-0.1, -0.05) is 30.3 Å². The summed E-state index contributed by atoms with van der Waals surface area (Å²) in [6.07, 6.45) is 1.71. The van der Waals surface area contributed by atoms with Crippen LogP contribution in [0.3, 0.4) is 0 Å². The molecule has 2 aromatic carbocycles. The van der Waals surface area contributed by atoms with Crippen molar-refractivity contribution in [2.75, 3.05) is 0 Å². The van der Waals surface area contributed by atoms with Crippen molar-refractivity contribution in [2.45, 2.75) is 12.8 Å². The lowest BCUT2D eigenvalue weighted by Crippen LogP contribution is -2.20. The standard InChI is InChI=1S/C18H16N4O3/c23-17(10-14-11-18(24)22-20-14)21-19-12-13-5-4-8-16(9-13)25-15-6-2-1-3-7-15/h1-9,12H,10-11H2,(H,21,23)(H,22,24)/b19-12+. The third kappa shape index (κ3) is 5.00. The molecule has 2 N–H and O–H groups in total. The van der Waals surface area contributed by atoms with Gasteiger partial charge >= 0.3 is 0 Å². The van der Waals surface area contributed by atoms with Crippen molar-refractivity contribution in [2.24, 2.45) is 10.2 Å². The quantitative estimate of drug-likeness (QED) is 0.626. The molecule has 0 aliphatic carbocycles. The molecule has 0 saturated carbocycles. The molecule has 1 aliphatic heterocycles. The van der Waals surface area contributed by atoms with Crippen molar-refractivity contribution < 1.29 is 14.3 Å². The summed E-state index contributed by atoms with van der Waals surface area (Å²) in [4.78, 5) is 22.7. The Bertz CT molecular complexity index is 831. The molecular formula is C18H16N4O3. The zero-order valence-corrected chi connectivity index (χ0v) is 13.3. The van der Waals surface area contributed by atoms with Crippen LogP contribution in [-0.2, 0) is 9.59 Å². The maximum Gasteiger partial charge on any atom is 0.245 e. The Balaban J connectivity index is 1.53. The molecule has 2 aromatic rings. The maximum absolute atomic E-state index is 11.7. The highest BCUT2D eigenvalue weighted by molar-refractivity contribution is 6.11. The highest BCUT2D eigenvalue weighted by Crippen LogP contribution is 2.21. The summed E-state index contributed by atoms with van der Waals surface area (Å²) in [7, 11) is 0. The third-order valence-corrected chi connectivity index (χ3v) is 3.31. The number of carbonyl (C=O) groups is 2. The fraction of sp³-hybridized carbons (Fsp3) is 0.111. The Kier molecular flexibility index (Phi) is 5.16. The monoisotopic (exact) mass is 336 g/mol. The van der Waals surface area contributed by atoms with Crippen LogP contribution >= 0.6 is 0 Å². The van der Waals surface area contributed by atoms with E-state index in [9.17, 15) is 9.59 Å². The van der Waals surface area contributed by atoms with Gasteiger partial charge in [0.25, 0.3) is 0 Å². The Labute approximate surface area is 144 Å². The highest BCUT2D eigenvalue weighted by atomic mass is 16.5. The summed E-state index contributed by atoms with van der Waals surface area (Å²) < 4.78 is 5.74. The number of hydrazone groups is 2. The Morgan fingerprint density at radius 2 is 2.00 bits per heavy atom. The van der Waals surface area contributed by atoms with Gasteiger partial charge in [-0.25, -0.2) is 10.9 Å². The van der Waals surface area contributed by atoms with Crippen LogP contribution in [0.5, 0.6) is 11.5 Å². The zero-order chi connectivity index (χ0) is 17.5. The van der Waals surface area contributed by atoms with Crippen LogP contribution in [0, 0.1) is 0 Å². The smallest absolute Gasteiger partial charge is 0.245 e. The molecule has 3 rings (SSSR count). The highest BCUT2D eigenvalue weighted by Gasteiger charge is 2.16. The molecule has 7 heteroatoms. The Hall–Kier alpha value is -3.48. The summed E-state index contributed by atoms with van der Waals surface area (Å²) in [5, 5.41) is 7.67. The molecule has 126 valence electrons. The molecular weight excluding hydrogens is 320 g/mol. The van der Waals surface area contributed by atoms with E-state index in [1.54, 1.807) is 0 Å². The van der Waals surface area contributed by atoms with Crippen LogP contribution in [-0.4, -0.2) is 23.7 Å². The lowest BCUT2D eigenvalue weighted by atomic mass is 10.2. The number of ether oxygens (including phenoxy) is 1. The summed E-state index contributed by atoms with van der Waals surface area (Å²) in [6.45, 7) is 0. The van der Waals surface area contributed by atoms with E-state index in [0.29, 0.717) is 11.5 Å². The average Bonchev–Trinajstić information content (AvgIpc) is 3.01. The van der Waals surface area contributed by atoms with Gasteiger partial charge in [-0.3, -0.25) is 9.59 Å². The number of hydrogen-bond acceptors (Lipinski definition) is 5. The lowest BCUT2D eigenvalue weighted by Gasteiger charge is -2.05. The molecule has 1 heterocycles. The largest absolute Gasteiger partial charge is 0.457 e. The summed E-state index contributed by atoms with van der Waals surface area (Å²) in [5.41, 5.74) is 5.99. The molecule has 1 aliphatic rings. The van der Waals surface area contributed by atoms with Crippen molar-refractivity contribution in [3.8, 4) is 11.5 Å². The van der Waals surface area contributed by atoms with Gasteiger partial charge < -0.3 is 4.74 Å². The molecule has 7 nitrogen and oxygen atoms in total. The number of benzene rings is 2. The van der Waals surface area contributed by atoms with Crippen LogP contribution < -0.4 is 15.6 Å². The fourth-order valence-corrected chi connectivity index (χ4v) is 2.19. The summed E-state index contributed by atoms with van der Waals surface area (Å²) >= 11 is 0. The molecule has 2 amide bonds. The second-order valence-corrected chi connectivity index (χ2v) is 5.35. The van der Waals surface area contributed by atoms with Crippen molar-refractivity contribution in [1.82, 2.24) is 10.9 Å². The molecule has 0 radical (unpaired) electrons. The van der Waals surface area contributed by atoms with Crippen LogP contribution in [0.15, 0.2) is 64.8 Å². The second kappa shape index (κ2) is 7.87. The first-order valence-electron chi connectivity index (χ1n) is 7.68. The lowest BCUT2D eigenvalue weighted by molar-refractivity contribution is -0.119. The number of hydrogen-bond donors (Lipinski definition) is 2. The molecule has 0 spiro atoms. The van der Waals surface area contributed by atoms with E-state index in [2.05, 4.69) is 21.1 Å². The molecule has 0 fully saturated rings. The van der Waals surface area contributed by atoms with Gasteiger partial charge in [-0.2, -0.15) is 10.2 Å². The van der Waals surface area contributed by atoms with Gasteiger partial charge in [0.2, 0.25) is 11.8 Å². The van der Waals surface area contributed by atoms with Crippen molar-refractivity contribution in [3.63, 3.8) is 0 Å². The molecule has 0 saturated heterocycles. The van der Waals surface area contributed by atoms with Gasteiger partial charge in [-0.15, -0.1) is 0 Å². The Morgan fingerprint density at radius 3 is 2.76 bits per heavy atom. The fourth-order valence-electron chi connectivity index (χ4n) is 2.19. The number of carbonyl (C=O) groups excluding carboxylic acids is 2. The molecule has 0 unspecified atom stereocenters. The number of amides is 2. The van der Waals surface area contributed by atoms with E-state index in [1.165, 1.54) is 6.21 Å². The first kappa shape index (κ1) is 16.4. The van der Waals surface area contributed by atoms with Crippen LogP contribution in [0.1, 0.15) is 18.4 Å². The topological polar surface area (TPSA) is 92.2 Å². The van der Waals surface area contributed by atoms with E-state index in [0.717, 1.165) is 11.3 Å². The van der Waals surface area contributed by atoms with E-state index in [-0.39, 0.29) is 24.7 Å².